The normalized spacial score (nSPS) is 22.3. The van der Waals surface area contributed by atoms with Crippen molar-refractivity contribution in [1.29, 1.82) is 0 Å². The quantitative estimate of drug-likeness (QED) is 0.868. The van der Waals surface area contributed by atoms with E-state index in [9.17, 15) is 18.0 Å². The SMILES string of the molecule is COC(=O)[C@@H]1CCC[C@@H]1NCc1cccc(C(F)(F)F)c1. The van der Waals surface area contributed by atoms with E-state index < -0.39 is 11.7 Å². The van der Waals surface area contributed by atoms with Crippen molar-refractivity contribution < 1.29 is 22.7 Å². The molecule has 0 unspecified atom stereocenters. The summed E-state index contributed by atoms with van der Waals surface area (Å²) in [6.45, 7) is 0.308. The zero-order valence-corrected chi connectivity index (χ0v) is 11.7. The summed E-state index contributed by atoms with van der Waals surface area (Å²) in [5.74, 6) is -0.463. The zero-order chi connectivity index (χ0) is 15.5. The van der Waals surface area contributed by atoms with Crippen LogP contribution in [0.4, 0.5) is 13.2 Å². The monoisotopic (exact) mass is 301 g/mol. The van der Waals surface area contributed by atoms with E-state index in [0.29, 0.717) is 12.1 Å². The van der Waals surface area contributed by atoms with E-state index in [1.54, 1.807) is 6.07 Å². The highest BCUT2D eigenvalue weighted by atomic mass is 19.4. The number of carbonyl (C=O) groups is 1. The molecule has 0 radical (unpaired) electrons. The number of carbonyl (C=O) groups excluding carboxylic acids is 1. The summed E-state index contributed by atoms with van der Waals surface area (Å²) in [5.41, 5.74) is -0.0990. The van der Waals surface area contributed by atoms with Gasteiger partial charge in [-0.05, 0) is 24.5 Å². The van der Waals surface area contributed by atoms with Gasteiger partial charge in [0.25, 0.3) is 0 Å². The van der Waals surface area contributed by atoms with Crippen LogP contribution in [0, 0.1) is 5.92 Å². The van der Waals surface area contributed by atoms with Gasteiger partial charge in [-0.3, -0.25) is 4.79 Å². The summed E-state index contributed by atoms with van der Waals surface area (Å²) in [4.78, 5) is 11.6. The van der Waals surface area contributed by atoms with E-state index in [1.165, 1.54) is 13.2 Å². The average molecular weight is 301 g/mol. The highest BCUT2D eigenvalue weighted by Gasteiger charge is 2.33. The van der Waals surface area contributed by atoms with Crippen molar-refractivity contribution in [2.75, 3.05) is 7.11 Å². The van der Waals surface area contributed by atoms with Crippen LogP contribution >= 0.6 is 0 Å². The summed E-state index contributed by atoms with van der Waals surface area (Å²) in [7, 11) is 1.35. The van der Waals surface area contributed by atoms with Gasteiger partial charge in [-0.25, -0.2) is 0 Å². The van der Waals surface area contributed by atoms with E-state index in [4.69, 9.17) is 4.74 Å². The topological polar surface area (TPSA) is 38.3 Å². The molecule has 0 aromatic heterocycles. The summed E-state index contributed by atoms with van der Waals surface area (Å²) in [6.07, 6.45) is -1.83. The maximum Gasteiger partial charge on any atom is 0.416 e. The van der Waals surface area contributed by atoms with Crippen LogP contribution in [0.5, 0.6) is 0 Å². The molecule has 0 saturated heterocycles. The Morgan fingerprint density at radius 1 is 1.38 bits per heavy atom. The van der Waals surface area contributed by atoms with Crippen LogP contribution in [-0.2, 0) is 22.3 Å². The lowest BCUT2D eigenvalue weighted by Crippen LogP contribution is -2.36. The van der Waals surface area contributed by atoms with Crippen LogP contribution in [0.25, 0.3) is 0 Å². The second-order valence-corrected chi connectivity index (χ2v) is 5.25. The van der Waals surface area contributed by atoms with Crippen LogP contribution in [0.3, 0.4) is 0 Å². The van der Waals surface area contributed by atoms with E-state index in [2.05, 4.69) is 5.32 Å². The Morgan fingerprint density at radius 3 is 2.81 bits per heavy atom. The molecule has 0 heterocycles. The van der Waals surface area contributed by atoms with Gasteiger partial charge in [0, 0.05) is 12.6 Å². The molecule has 0 spiro atoms. The minimum absolute atomic E-state index is 0.0352. The van der Waals surface area contributed by atoms with Gasteiger partial charge in [-0.1, -0.05) is 24.6 Å². The largest absolute Gasteiger partial charge is 0.469 e. The molecular weight excluding hydrogens is 283 g/mol. The van der Waals surface area contributed by atoms with E-state index in [1.807, 2.05) is 0 Å². The fourth-order valence-corrected chi connectivity index (χ4v) is 2.74. The summed E-state index contributed by atoms with van der Waals surface area (Å²) >= 11 is 0. The number of ether oxygens (including phenoxy) is 1. The fourth-order valence-electron chi connectivity index (χ4n) is 2.74. The number of methoxy groups -OCH3 is 1. The Morgan fingerprint density at radius 2 is 2.14 bits per heavy atom. The molecule has 1 saturated carbocycles. The van der Waals surface area contributed by atoms with Gasteiger partial charge in [0.2, 0.25) is 0 Å². The Hall–Kier alpha value is -1.56. The van der Waals surface area contributed by atoms with E-state index >= 15 is 0 Å². The molecule has 2 atom stereocenters. The van der Waals surface area contributed by atoms with Crippen molar-refractivity contribution in [3.63, 3.8) is 0 Å². The maximum absolute atomic E-state index is 12.6. The highest BCUT2D eigenvalue weighted by molar-refractivity contribution is 5.73. The molecule has 116 valence electrons. The van der Waals surface area contributed by atoms with Crippen molar-refractivity contribution in [2.24, 2.45) is 5.92 Å². The zero-order valence-electron chi connectivity index (χ0n) is 11.7. The van der Waals surface area contributed by atoms with Gasteiger partial charge in [-0.15, -0.1) is 0 Å². The lowest BCUT2D eigenvalue weighted by Gasteiger charge is -2.19. The van der Waals surface area contributed by atoms with Crippen LogP contribution in [0.2, 0.25) is 0 Å². The molecule has 1 aliphatic rings. The fraction of sp³-hybridized carbons (Fsp3) is 0.533. The minimum atomic E-state index is -4.34. The Balaban J connectivity index is 1.98. The number of benzene rings is 1. The van der Waals surface area contributed by atoms with Gasteiger partial charge in [-0.2, -0.15) is 13.2 Å². The van der Waals surface area contributed by atoms with Crippen LogP contribution in [-0.4, -0.2) is 19.1 Å². The maximum atomic E-state index is 12.6. The first-order valence-electron chi connectivity index (χ1n) is 6.89. The van der Waals surface area contributed by atoms with Gasteiger partial charge in [0.15, 0.2) is 0 Å². The molecule has 1 aromatic rings. The lowest BCUT2D eigenvalue weighted by atomic mass is 10.0. The standard InChI is InChI=1S/C15H18F3NO2/c1-21-14(20)12-6-3-7-13(12)19-9-10-4-2-5-11(8-10)15(16,17)18/h2,4-5,8,12-13,19H,3,6-7,9H2,1H3/t12-,13+/m1/s1. The number of rotatable bonds is 4. The molecule has 1 aliphatic carbocycles. The molecule has 1 N–H and O–H groups in total. The van der Waals surface area contributed by atoms with Crippen LogP contribution in [0.1, 0.15) is 30.4 Å². The third-order valence-electron chi connectivity index (χ3n) is 3.84. The summed E-state index contributed by atoms with van der Waals surface area (Å²) in [6, 6.07) is 5.19. The van der Waals surface area contributed by atoms with Crippen molar-refractivity contribution >= 4 is 5.97 Å². The lowest BCUT2D eigenvalue weighted by molar-refractivity contribution is -0.145. The van der Waals surface area contributed by atoms with Crippen molar-refractivity contribution in [3.05, 3.63) is 35.4 Å². The first-order valence-corrected chi connectivity index (χ1v) is 6.89. The molecule has 0 aliphatic heterocycles. The summed E-state index contributed by atoms with van der Waals surface area (Å²) in [5, 5.41) is 3.17. The van der Waals surface area contributed by atoms with Crippen molar-refractivity contribution in [3.8, 4) is 0 Å². The molecule has 0 amide bonds. The van der Waals surface area contributed by atoms with Gasteiger partial charge in [0.05, 0.1) is 18.6 Å². The predicted molar refractivity (Wildman–Crippen MR) is 71.4 cm³/mol. The molecule has 21 heavy (non-hydrogen) atoms. The molecule has 1 fully saturated rings. The second-order valence-electron chi connectivity index (χ2n) is 5.25. The van der Waals surface area contributed by atoms with Gasteiger partial charge >= 0.3 is 12.1 Å². The first-order chi connectivity index (χ1) is 9.91. The predicted octanol–water partition coefficient (Wildman–Crippen LogP) is 3.14. The molecule has 2 rings (SSSR count). The van der Waals surface area contributed by atoms with Crippen LogP contribution < -0.4 is 5.32 Å². The third kappa shape index (κ3) is 3.97. The molecular formula is C15H18F3NO2. The minimum Gasteiger partial charge on any atom is -0.469 e. The number of alkyl halides is 3. The number of esters is 1. The number of nitrogens with one attached hydrogen (secondary N) is 1. The Labute approximate surface area is 121 Å². The van der Waals surface area contributed by atoms with Gasteiger partial charge in [0.1, 0.15) is 0 Å². The Bertz CT molecular complexity index is 502. The molecule has 3 nitrogen and oxygen atoms in total. The molecule has 0 bridgehead atoms. The van der Waals surface area contributed by atoms with Crippen molar-refractivity contribution in [2.45, 2.75) is 38.0 Å². The highest BCUT2D eigenvalue weighted by Crippen LogP contribution is 2.30. The third-order valence-corrected chi connectivity index (χ3v) is 3.84. The van der Waals surface area contributed by atoms with E-state index in [0.717, 1.165) is 31.4 Å². The van der Waals surface area contributed by atoms with Crippen LogP contribution in [0.15, 0.2) is 24.3 Å². The Kier molecular flexibility index (Phi) is 4.88. The van der Waals surface area contributed by atoms with E-state index in [-0.39, 0.29) is 17.9 Å². The first kappa shape index (κ1) is 15.8. The number of hydrogen-bond donors (Lipinski definition) is 1. The average Bonchev–Trinajstić information content (AvgIpc) is 2.92. The van der Waals surface area contributed by atoms with Crippen molar-refractivity contribution in [1.82, 2.24) is 5.32 Å². The second kappa shape index (κ2) is 6.47. The molecule has 6 heteroatoms. The number of halogens is 3. The summed E-state index contributed by atoms with van der Waals surface area (Å²) < 4.78 is 42.7. The van der Waals surface area contributed by atoms with Gasteiger partial charge < -0.3 is 10.1 Å². The number of hydrogen-bond acceptors (Lipinski definition) is 3. The smallest absolute Gasteiger partial charge is 0.416 e. The molecule has 1 aromatic carbocycles.